The molecule has 1 aliphatic heterocycles. The van der Waals surface area contributed by atoms with Crippen LogP contribution in [0.15, 0.2) is 17.3 Å². The molecule has 1 N–H and O–H groups in total. The number of aromatic nitrogens is 2. The smallest absolute Gasteiger partial charge is 0.246 e. The lowest BCUT2D eigenvalue weighted by Gasteiger charge is -2.31. The molecule has 1 aromatic heterocycles. The van der Waals surface area contributed by atoms with Crippen molar-refractivity contribution in [2.45, 2.75) is 30.3 Å². The van der Waals surface area contributed by atoms with E-state index in [1.807, 2.05) is 7.05 Å². The third-order valence-electron chi connectivity index (χ3n) is 4.06. The highest BCUT2D eigenvalue weighted by Gasteiger charge is 2.28. The van der Waals surface area contributed by atoms with Gasteiger partial charge in [-0.05, 0) is 19.9 Å². The van der Waals surface area contributed by atoms with E-state index in [0.29, 0.717) is 30.6 Å². The van der Waals surface area contributed by atoms with Gasteiger partial charge >= 0.3 is 0 Å². The van der Waals surface area contributed by atoms with E-state index in [1.54, 1.807) is 15.2 Å². The Kier molecular flexibility index (Phi) is 4.30. The SMILES string of the molecule is CN1CCN(S(=O)(=O)c2cnn(CCNC3CC3)c2)CC1. The maximum Gasteiger partial charge on any atom is 0.246 e. The molecule has 118 valence electrons. The molecule has 0 bridgehead atoms. The molecular weight excluding hydrogens is 290 g/mol. The molecule has 8 heteroatoms. The molecule has 7 nitrogen and oxygen atoms in total. The molecule has 1 aromatic rings. The summed E-state index contributed by atoms with van der Waals surface area (Å²) in [4.78, 5) is 2.44. The molecule has 0 atom stereocenters. The van der Waals surface area contributed by atoms with Crippen molar-refractivity contribution >= 4 is 10.0 Å². The fourth-order valence-electron chi connectivity index (χ4n) is 2.45. The molecule has 21 heavy (non-hydrogen) atoms. The van der Waals surface area contributed by atoms with Crippen LogP contribution < -0.4 is 5.32 Å². The van der Waals surface area contributed by atoms with Crippen molar-refractivity contribution in [3.8, 4) is 0 Å². The number of nitrogens with one attached hydrogen (secondary N) is 1. The summed E-state index contributed by atoms with van der Waals surface area (Å²) < 4.78 is 28.3. The Morgan fingerprint density at radius 2 is 2.00 bits per heavy atom. The third kappa shape index (κ3) is 3.63. The zero-order valence-electron chi connectivity index (χ0n) is 12.4. The van der Waals surface area contributed by atoms with E-state index in [4.69, 9.17) is 0 Å². The Morgan fingerprint density at radius 1 is 1.29 bits per heavy atom. The summed E-state index contributed by atoms with van der Waals surface area (Å²) in [5, 5.41) is 7.57. The van der Waals surface area contributed by atoms with Crippen molar-refractivity contribution in [3.63, 3.8) is 0 Å². The van der Waals surface area contributed by atoms with E-state index in [-0.39, 0.29) is 0 Å². The molecule has 2 fully saturated rings. The van der Waals surface area contributed by atoms with E-state index in [2.05, 4.69) is 15.3 Å². The van der Waals surface area contributed by atoms with Crippen molar-refractivity contribution in [1.82, 2.24) is 24.3 Å². The normalized spacial score (nSPS) is 21.8. The molecule has 2 heterocycles. The number of hydrogen-bond donors (Lipinski definition) is 1. The number of rotatable bonds is 6. The standard InChI is InChI=1S/C13H23N5O2S/c1-16-6-8-18(9-7-16)21(19,20)13-10-15-17(11-13)5-4-14-12-2-3-12/h10-12,14H,2-9H2,1H3. The molecule has 1 saturated carbocycles. The van der Waals surface area contributed by atoms with Crippen molar-refractivity contribution < 1.29 is 8.42 Å². The fourth-order valence-corrected chi connectivity index (χ4v) is 3.83. The number of piperazine rings is 1. The number of sulfonamides is 1. The van der Waals surface area contributed by atoms with Crippen LogP contribution in [0.5, 0.6) is 0 Å². The third-order valence-corrected chi connectivity index (χ3v) is 5.91. The van der Waals surface area contributed by atoms with Gasteiger partial charge in [0.1, 0.15) is 4.90 Å². The maximum atomic E-state index is 12.5. The Bertz CT molecular complexity index is 573. The first kappa shape index (κ1) is 15.0. The van der Waals surface area contributed by atoms with Gasteiger partial charge in [0.2, 0.25) is 10.0 Å². The number of likely N-dealkylation sites (N-methyl/N-ethyl adjacent to an activating group) is 1. The van der Waals surface area contributed by atoms with E-state index in [1.165, 1.54) is 19.0 Å². The lowest BCUT2D eigenvalue weighted by molar-refractivity contribution is 0.222. The van der Waals surface area contributed by atoms with Gasteiger partial charge in [-0.2, -0.15) is 9.40 Å². The van der Waals surface area contributed by atoms with Crippen molar-refractivity contribution in [2.24, 2.45) is 0 Å². The van der Waals surface area contributed by atoms with Gasteiger partial charge in [0.15, 0.2) is 0 Å². The molecule has 0 amide bonds. The topological polar surface area (TPSA) is 70.5 Å². The summed E-state index contributed by atoms with van der Waals surface area (Å²) in [6, 6.07) is 0.661. The van der Waals surface area contributed by atoms with Gasteiger partial charge in [-0.15, -0.1) is 0 Å². The van der Waals surface area contributed by atoms with Gasteiger partial charge in [0.25, 0.3) is 0 Å². The van der Waals surface area contributed by atoms with Crippen LogP contribution in [0.3, 0.4) is 0 Å². The second kappa shape index (κ2) is 6.04. The van der Waals surface area contributed by atoms with E-state index in [0.717, 1.165) is 19.6 Å². The summed E-state index contributed by atoms with van der Waals surface area (Å²) in [6.45, 7) is 4.19. The van der Waals surface area contributed by atoms with Crippen LogP contribution in [0.25, 0.3) is 0 Å². The fraction of sp³-hybridized carbons (Fsp3) is 0.769. The minimum Gasteiger partial charge on any atom is -0.312 e. The largest absolute Gasteiger partial charge is 0.312 e. The quantitative estimate of drug-likeness (QED) is 0.772. The molecule has 3 rings (SSSR count). The van der Waals surface area contributed by atoms with Gasteiger partial charge in [-0.25, -0.2) is 8.42 Å². The minimum atomic E-state index is -3.39. The van der Waals surface area contributed by atoms with Gasteiger partial charge in [-0.1, -0.05) is 0 Å². The highest BCUT2D eigenvalue weighted by atomic mass is 32.2. The lowest BCUT2D eigenvalue weighted by Crippen LogP contribution is -2.46. The predicted octanol–water partition coefficient (Wildman–Crippen LogP) is -0.429. The first-order chi connectivity index (χ1) is 10.1. The van der Waals surface area contributed by atoms with E-state index in [9.17, 15) is 8.42 Å². The molecule has 1 aliphatic carbocycles. The Balaban J connectivity index is 1.60. The first-order valence-electron chi connectivity index (χ1n) is 7.50. The van der Waals surface area contributed by atoms with Crippen molar-refractivity contribution in [2.75, 3.05) is 39.8 Å². The van der Waals surface area contributed by atoms with Crippen molar-refractivity contribution in [1.29, 1.82) is 0 Å². The lowest BCUT2D eigenvalue weighted by atomic mass is 10.4. The van der Waals surface area contributed by atoms with Crippen LogP contribution in [-0.2, 0) is 16.6 Å². The number of hydrogen-bond acceptors (Lipinski definition) is 5. The highest BCUT2D eigenvalue weighted by molar-refractivity contribution is 7.89. The molecular formula is C13H23N5O2S. The van der Waals surface area contributed by atoms with Gasteiger partial charge in [0.05, 0.1) is 12.7 Å². The summed E-state index contributed by atoms with van der Waals surface area (Å²) in [7, 11) is -1.38. The Labute approximate surface area is 126 Å². The van der Waals surface area contributed by atoms with Gasteiger partial charge < -0.3 is 10.2 Å². The average Bonchev–Trinajstić information content (AvgIpc) is 3.15. The first-order valence-corrected chi connectivity index (χ1v) is 8.94. The monoisotopic (exact) mass is 313 g/mol. The summed E-state index contributed by atoms with van der Waals surface area (Å²) in [5.74, 6) is 0. The summed E-state index contributed by atoms with van der Waals surface area (Å²) in [5.41, 5.74) is 0. The second-order valence-electron chi connectivity index (χ2n) is 5.87. The van der Waals surface area contributed by atoms with Crippen molar-refractivity contribution in [3.05, 3.63) is 12.4 Å². The zero-order valence-corrected chi connectivity index (χ0v) is 13.2. The van der Waals surface area contributed by atoms with E-state index >= 15 is 0 Å². The van der Waals surface area contributed by atoms with Crippen LogP contribution >= 0.6 is 0 Å². The molecule has 0 aromatic carbocycles. The van der Waals surface area contributed by atoms with Gasteiger partial charge in [-0.3, -0.25) is 4.68 Å². The van der Waals surface area contributed by atoms with Gasteiger partial charge in [0, 0.05) is 45.0 Å². The molecule has 0 spiro atoms. The summed E-state index contributed by atoms with van der Waals surface area (Å²) >= 11 is 0. The molecule has 1 saturated heterocycles. The van der Waals surface area contributed by atoms with Crippen LogP contribution in [0.2, 0.25) is 0 Å². The second-order valence-corrected chi connectivity index (χ2v) is 7.81. The summed E-state index contributed by atoms with van der Waals surface area (Å²) in [6.07, 6.45) is 5.61. The van der Waals surface area contributed by atoms with Crippen LogP contribution in [-0.4, -0.2) is 73.2 Å². The molecule has 0 unspecified atom stereocenters. The molecule has 2 aliphatic rings. The Hall–Kier alpha value is -0.960. The Morgan fingerprint density at radius 3 is 2.67 bits per heavy atom. The zero-order chi connectivity index (χ0) is 14.9. The van der Waals surface area contributed by atoms with Crippen LogP contribution in [0, 0.1) is 0 Å². The average molecular weight is 313 g/mol. The van der Waals surface area contributed by atoms with Crippen LogP contribution in [0.4, 0.5) is 0 Å². The number of nitrogens with zero attached hydrogens (tertiary/aromatic N) is 4. The van der Waals surface area contributed by atoms with E-state index < -0.39 is 10.0 Å². The maximum absolute atomic E-state index is 12.5. The highest BCUT2D eigenvalue weighted by Crippen LogP contribution is 2.18. The minimum absolute atomic E-state index is 0.304. The molecule has 0 radical (unpaired) electrons. The predicted molar refractivity (Wildman–Crippen MR) is 79.5 cm³/mol. The van der Waals surface area contributed by atoms with Crippen LogP contribution in [0.1, 0.15) is 12.8 Å².